The Kier molecular flexibility index (Phi) is 6.45. The second-order valence-corrected chi connectivity index (χ2v) is 5.68. The first kappa shape index (κ1) is 14.9. The lowest BCUT2D eigenvalue weighted by Crippen LogP contribution is -2.56. The van der Waals surface area contributed by atoms with E-state index in [0.717, 1.165) is 31.5 Å². The van der Waals surface area contributed by atoms with Gasteiger partial charge in [-0.2, -0.15) is 0 Å². The smallest absolute Gasteiger partial charge is 0.0589 e. The van der Waals surface area contributed by atoms with Crippen molar-refractivity contribution >= 4 is 0 Å². The summed E-state index contributed by atoms with van der Waals surface area (Å²) in [6.45, 7) is 9.91. The van der Waals surface area contributed by atoms with Crippen LogP contribution >= 0.6 is 0 Å². The minimum atomic E-state index is 0.639. The summed E-state index contributed by atoms with van der Waals surface area (Å²) in [6.07, 6.45) is 2.66. The second kappa shape index (κ2) is 7.34. The molecule has 0 radical (unpaired) electrons. The van der Waals surface area contributed by atoms with Crippen molar-refractivity contribution in [2.45, 2.75) is 45.7 Å². The molecule has 4 atom stereocenters. The van der Waals surface area contributed by atoms with Crippen LogP contribution in [0, 0.1) is 11.8 Å². The van der Waals surface area contributed by atoms with Gasteiger partial charge in [0.05, 0.1) is 6.61 Å². The molecule has 1 aliphatic carbocycles. The number of ether oxygens (including phenoxy) is 1. The Bertz CT molecular complexity index is 210. The molecule has 1 fully saturated rings. The lowest BCUT2D eigenvalue weighted by atomic mass is 9.76. The van der Waals surface area contributed by atoms with E-state index in [0.29, 0.717) is 12.1 Å². The van der Waals surface area contributed by atoms with Gasteiger partial charge in [-0.05, 0) is 38.3 Å². The summed E-state index contributed by atoms with van der Waals surface area (Å²) in [5, 5.41) is 3.67. The van der Waals surface area contributed by atoms with Crippen LogP contribution in [0.2, 0.25) is 0 Å². The normalized spacial score (nSPS) is 34.2. The third-order valence-corrected chi connectivity index (χ3v) is 4.05. The van der Waals surface area contributed by atoms with Gasteiger partial charge in [0.25, 0.3) is 0 Å². The van der Waals surface area contributed by atoms with Gasteiger partial charge in [-0.15, -0.1) is 0 Å². The first-order valence-corrected chi connectivity index (χ1v) is 7.02. The second-order valence-electron chi connectivity index (χ2n) is 5.68. The predicted molar refractivity (Wildman–Crippen MR) is 73.3 cm³/mol. The molecular formula is C14H30N2O. The Hall–Kier alpha value is -0.120. The fourth-order valence-electron chi connectivity index (χ4n) is 3.43. The van der Waals surface area contributed by atoms with E-state index in [1.54, 1.807) is 7.11 Å². The summed E-state index contributed by atoms with van der Waals surface area (Å²) in [5.41, 5.74) is 0. The SMILES string of the molecule is CCNC1CC(C)CC(C)C1N(C)CCOC. The Morgan fingerprint density at radius 3 is 2.59 bits per heavy atom. The quantitative estimate of drug-likeness (QED) is 0.771. The number of rotatable bonds is 6. The maximum absolute atomic E-state index is 5.19. The Labute approximate surface area is 107 Å². The monoisotopic (exact) mass is 242 g/mol. The molecule has 0 amide bonds. The van der Waals surface area contributed by atoms with Gasteiger partial charge in [0, 0.05) is 25.7 Å². The molecule has 1 rings (SSSR count). The lowest BCUT2D eigenvalue weighted by molar-refractivity contribution is 0.0598. The molecule has 17 heavy (non-hydrogen) atoms. The maximum atomic E-state index is 5.19. The molecule has 0 aliphatic heterocycles. The highest BCUT2D eigenvalue weighted by molar-refractivity contribution is 4.92. The largest absolute Gasteiger partial charge is 0.383 e. The fraction of sp³-hybridized carbons (Fsp3) is 1.00. The molecule has 0 aromatic heterocycles. The van der Waals surface area contributed by atoms with Gasteiger partial charge in [0.2, 0.25) is 0 Å². The van der Waals surface area contributed by atoms with Gasteiger partial charge in [-0.1, -0.05) is 20.8 Å². The van der Waals surface area contributed by atoms with Gasteiger partial charge >= 0.3 is 0 Å². The first-order valence-electron chi connectivity index (χ1n) is 7.02. The maximum Gasteiger partial charge on any atom is 0.0589 e. The van der Waals surface area contributed by atoms with Crippen LogP contribution in [0.5, 0.6) is 0 Å². The molecular weight excluding hydrogens is 212 g/mol. The van der Waals surface area contributed by atoms with E-state index in [1.807, 2.05) is 0 Å². The van der Waals surface area contributed by atoms with Crippen LogP contribution in [0.3, 0.4) is 0 Å². The summed E-state index contributed by atoms with van der Waals surface area (Å²) >= 11 is 0. The van der Waals surface area contributed by atoms with Gasteiger partial charge in [-0.25, -0.2) is 0 Å². The van der Waals surface area contributed by atoms with Crippen molar-refractivity contribution in [2.75, 3.05) is 33.9 Å². The lowest BCUT2D eigenvalue weighted by Gasteiger charge is -2.44. The molecule has 1 N–H and O–H groups in total. The highest BCUT2D eigenvalue weighted by atomic mass is 16.5. The minimum Gasteiger partial charge on any atom is -0.383 e. The number of hydrogen-bond acceptors (Lipinski definition) is 3. The Morgan fingerprint density at radius 2 is 2.00 bits per heavy atom. The number of likely N-dealkylation sites (N-methyl/N-ethyl adjacent to an activating group) is 2. The zero-order valence-corrected chi connectivity index (χ0v) is 12.2. The van der Waals surface area contributed by atoms with Crippen LogP contribution in [0.15, 0.2) is 0 Å². The molecule has 0 aromatic carbocycles. The minimum absolute atomic E-state index is 0.639. The molecule has 102 valence electrons. The van der Waals surface area contributed by atoms with E-state index in [-0.39, 0.29) is 0 Å². The molecule has 0 heterocycles. The van der Waals surface area contributed by atoms with Crippen LogP contribution in [0.1, 0.15) is 33.6 Å². The summed E-state index contributed by atoms with van der Waals surface area (Å²) in [5.74, 6) is 1.62. The molecule has 4 unspecified atom stereocenters. The summed E-state index contributed by atoms with van der Waals surface area (Å²) in [7, 11) is 4.02. The van der Waals surface area contributed by atoms with Crippen LogP contribution in [0.4, 0.5) is 0 Å². The van der Waals surface area contributed by atoms with E-state index in [1.165, 1.54) is 12.8 Å². The molecule has 0 aromatic rings. The van der Waals surface area contributed by atoms with Crippen molar-refractivity contribution in [3.63, 3.8) is 0 Å². The van der Waals surface area contributed by atoms with Crippen LogP contribution in [0.25, 0.3) is 0 Å². The summed E-state index contributed by atoms with van der Waals surface area (Å²) in [6, 6.07) is 1.29. The van der Waals surface area contributed by atoms with E-state index in [2.05, 4.69) is 38.0 Å². The van der Waals surface area contributed by atoms with E-state index >= 15 is 0 Å². The van der Waals surface area contributed by atoms with Crippen LogP contribution in [-0.4, -0.2) is 50.8 Å². The van der Waals surface area contributed by atoms with Crippen molar-refractivity contribution < 1.29 is 4.74 Å². The van der Waals surface area contributed by atoms with Gasteiger partial charge in [0.1, 0.15) is 0 Å². The van der Waals surface area contributed by atoms with Crippen molar-refractivity contribution in [2.24, 2.45) is 11.8 Å². The average Bonchev–Trinajstić information content (AvgIpc) is 2.25. The standard InChI is InChI=1S/C14H30N2O/c1-6-15-13-10-11(2)9-12(3)14(13)16(4)7-8-17-5/h11-15H,6-10H2,1-5H3. The highest BCUT2D eigenvalue weighted by Crippen LogP contribution is 2.31. The molecule has 1 saturated carbocycles. The van der Waals surface area contributed by atoms with Gasteiger partial charge in [-0.3, -0.25) is 4.90 Å². The van der Waals surface area contributed by atoms with E-state index < -0.39 is 0 Å². The third kappa shape index (κ3) is 4.23. The molecule has 0 saturated heterocycles. The third-order valence-electron chi connectivity index (χ3n) is 4.05. The zero-order chi connectivity index (χ0) is 12.8. The van der Waals surface area contributed by atoms with Crippen molar-refractivity contribution in [3.8, 4) is 0 Å². The topological polar surface area (TPSA) is 24.5 Å². The van der Waals surface area contributed by atoms with Gasteiger partial charge < -0.3 is 10.1 Å². The first-order chi connectivity index (χ1) is 8.10. The number of methoxy groups -OCH3 is 1. The van der Waals surface area contributed by atoms with Crippen molar-refractivity contribution in [1.82, 2.24) is 10.2 Å². The van der Waals surface area contributed by atoms with Crippen LogP contribution < -0.4 is 5.32 Å². The number of nitrogens with one attached hydrogen (secondary N) is 1. The van der Waals surface area contributed by atoms with Crippen LogP contribution in [-0.2, 0) is 4.74 Å². The van der Waals surface area contributed by atoms with E-state index in [4.69, 9.17) is 4.74 Å². The van der Waals surface area contributed by atoms with Crippen molar-refractivity contribution in [1.29, 1.82) is 0 Å². The molecule has 0 bridgehead atoms. The number of hydrogen-bond donors (Lipinski definition) is 1. The fourth-order valence-corrected chi connectivity index (χ4v) is 3.43. The molecule has 3 heteroatoms. The Balaban J connectivity index is 2.62. The summed E-state index contributed by atoms with van der Waals surface area (Å²) in [4.78, 5) is 2.48. The number of nitrogens with zero attached hydrogens (tertiary/aromatic N) is 1. The average molecular weight is 242 g/mol. The predicted octanol–water partition coefficient (Wildman–Crippen LogP) is 1.98. The molecule has 3 nitrogen and oxygen atoms in total. The highest BCUT2D eigenvalue weighted by Gasteiger charge is 2.35. The van der Waals surface area contributed by atoms with E-state index in [9.17, 15) is 0 Å². The van der Waals surface area contributed by atoms with Crippen molar-refractivity contribution in [3.05, 3.63) is 0 Å². The summed E-state index contributed by atoms with van der Waals surface area (Å²) < 4.78 is 5.19. The Morgan fingerprint density at radius 1 is 1.29 bits per heavy atom. The van der Waals surface area contributed by atoms with Gasteiger partial charge in [0.15, 0.2) is 0 Å². The zero-order valence-electron chi connectivity index (χ0n) is 12.2. The molecule has 1 aliphatic rings. The molecule has 0 spiro atoms.